The van der Waals surface area contributed by atoms with Crippen molar-refractivity contribution in [1.29, 1.82) is 0 Å². The predicted octanol–water partition coefficient (Wildman–Crippen LogP) is 10.8. The van der Waals surface area contributed by atoms with Gasteiger partial charge >= 0.3 is 5.97 Å². The van der Waals surface area contributed by atoms with Gasteiger partial charge < -0.3 is 14.6 Å². The lowest BCUT2D eigenvalue weighted by atomic mass is 9.72. The number of aliphatic carboxylic acids is 1. The first-order valence-corrected chi connectivity index (χ1v) is 18.5. The second-order valence-electron chi connectivity index (χ2n) is 8.60. The Bertz CT molecular complexity index is 949. The van der Waals surface area contributed by atoms with Crippen molar-refractivity contribution in [1.82, 2.24) is 0 Å². The van der Waals surface area contributed by atoms with E-state index in [0.717, 1.165) is 64.0 Å². The van der Waals surface area contributed by atoms with Crippen molar-refractivity contribution < 1.29 is 19.4 Å². The molecule has 2 aromatic carbocycles. The SMILES string of the molecule is CC(CCCCC(=O)O)(c1cc(Br)c(OCC(Br)CBr)c(Br)c1)c1cc(Br)c(OCC(Br)CBr)c(Br)c1. The molecule has 0 amide bonds. The number of unbranched alkanes of at least 4 members (excludes halogenated alkanes) is 1. The number of carbonyl (C=O) groups is 1. The summed E-state index contributed by atoms with van der Waals surface area (Å²) in [6, 6.07) is 8.36. The van der Waals surface area contributed by atoms with E-state index in [2.05, 4.69) is 159 Å². The summed E-state index contributed by atoms with van der Waals surface area (Å²) in [5.41, 5.74) is 1.75. The third-order valence-corrected chi connectivity index (χ3v) is 12.6. The molecule has 2 unspecified atom stereocenters. The van der Waals surface area contributed by atoms with E-state index in [9.17, 15) is 4.79 Å². The van der Waals surface area contributed by atoms with E-state index in [1.807, 2.05) is 0 Å². The molecule has 0 fully saturated rings. The van der Waals surface area contributed by atoms with Gasteiger partial charge in [-0.25, -0.2) is 0 Å². The Morgan fingerprint density at radius 1 is 0.811 bits per heavy atom. The van der Waals surface area contributed by atoms with Crippen molar-refractivity contribution in [2.45, 2.75) is 47.7 Å². The monoisotopic (exact) mass is 1020 g/mol. The lowest BCUT2D eigenvalue weighted by molar-refractivity contribution is -0.137. The van der Waals surface area contributed by atoms with Crippen LogP contribution in [0.15, 0.2) is 42.2 Å². The maximum atomic E-state index is 11.1. The molecule has 0 spiro atoms. The van der Waals surface area contributed by atoms with Crippen LogP contribution in [0.4, 0.5) is 0 Å². The standard InChI is InChI=1S/C25H26Br8O4/c1-25(5-3-2-4-22(34)35,14-6-18(30)23(19(31)7-14)36-12-16(28)10-26)15-8-20(32)24(21(33)9-15)37-13-17(29)11-27/h6-9,16-17H,2-5,10-13H2,1H3,(H,34,35). The third-order valence-electron chi connectivity index (χ3n) is 5.74. The molecule has 2 rings (SSSR count). The summed E-state index contributed by atoms with van der Waals surface area (Å²) in [5, 5.41) is 10.7. The van der Waals surface area contributed by atoms with Gasteiger partial charge in [0.2, 0.25) is 0 Å². The third kappa shape index (κ3) is 10.3. The Labute approximate surface area is 285 Å². The zero-order valence-corrected chi connectivity index (χ0v) is 32.5. The summed E-state index contributed by atoms with van der Waals surface area (Å²) in [7, 11) is 0. The van der Waals surface area contributed by atoms with E-state index >= 15 is 0 Å². The first-order valence-electron chi connectivity index (χ1n) is 11.3. The molecule has 0 aliphatic heterocycles. The first-order chi connectivity index (χ1) is 17.4. The average molecular weight is 1030 g/mol. The molecule has 37 heavy (non-hydrogen) atoms. The fourth-order valence-electron chi connectivity index (χ4n) is 3.68. The van der Waals surface area contributed by atoms with Gasteiger partial charge in [0, 0.05) is 22.5 Å². The minimum Gasteiger partial charge on any atom is -0.490 e. The number of carboxylic acids is 1. The molecule has 0 heterocycles. The van der Waals surface area contributed by atoms with Crippen LogP contribution in [0.25, 0.3) is 0 Å². The number of benzene rings is 2. The topological polar surface area (TPSA) is 55.8 Å². The van der Waals surface area contributed by atoms with Crippen LogP contribution in [-0.4, -0.2) is 44.6 Å². The van der Waals surface area contributed by atoms with Crippen molar-refractivity contribution in [3.8, 4) is 11.5 Å². The molecule has 4 nitrogen and oxygen atoms in total. The lowest BCUT2D eigenvalue weighted by Crippen LogP contribution is -2.24. The largest absolute Gasteiger partial charge is 0.490 e. The molecule has 0 aromatic heterocycles. The maximum Gasteiger partial charge on any atom is 0.303 e. The van der Waals surface area contributed by atoms with Crippen LogP contribution in [-0.2, 0) is 10.2 Å². The zero-order valence-electron chi connectivity index (χ0n) is 19.8. The molecule has 0 saturated carbocycles. The van der Waals surface area contributed by atoms with Crippen molar-refractivity contribution in [2.24, 2.45) is 0 Å². The molecule has 2 aromatic rings. The van der Waals surface area contributed by atoms with Crippen molar-refractivity contribution in [3.05, 3.63) is 53.3 Å². The van der Waals surface area contributed by atoms with E-state index in [1.54, 1.807) is 0 Å². The van der Waals surface area contributed by atoms with Gasteiger partial charge in [-0.2, -0.15) is 0 Å². The minimum atomic E-state index is -0.775. The molecule has 0 aliphatic carbocycles. The fraction of sp³-hybridized carbons (Fsp3) is 0.480. The highest BCUT2D eigenvalue weighted by molar-refractivity contribution is 9.12. The smallest absolute Gasteiger partial charge is 0.303 e. The highest BCUT2D eigenvalue weighted by Gasteiger charge is 2.32. The molecule has 206 valence electrons. The number of rotatable bonds is 15. The van der Waals surface area contributed by atoms with Crippen LogP contribution in [0.5, 0.6) is 11.5 Å². The summed E-state index contributed by atoms with van der Waals surface area (Å²) in [4.78, 5) is 11.5. The van der Waals surface area contributed by atoms with Crippen molar-refractivity contribution in [3.63, 3.8) is 0 Å². The fourth-order valence-corrected chi connectivity index (χ4v) is 7.15. The van der Waals surface area contributed by atoms with Crippen LogP contribution < -0.4 is 9.47 Å². The molecule has 2 atom stereocenters. The Kier molecular flexibility index (Phi) is 15.6. The quantitative estimate of drug-likeness (QED) is 0.143. The zero-order chi connectivity index (χ0) is 27.8. The van der Waals surface area contributed by atoms with Gasteiger partial charge in [-0.15, -0.1) is 0 Å². The second-order valence-corrected chi connectivity index (χ2v) is 15.9. The first kappa shape index (κ1) is 34.6. The van der Waals surface area contributed by atoms with E-state index in [1.165, 1.54) is 0 Å². The van der Waals surface area contributed by atoms with Gasteiger partial charge in [0.05, 0.1) is 27.5 Å². The Hall–Kier alpha value is 1.35. The summed E-state index contributed by atoms with van der Waals surface area (Å²) < 4.78 is 15.5. The predicted molar refractivity (Wildman–Crippen MR) is 180 cm³/mol. The molecule has 0 saturated heterocycles. The van der Waals surface area contributed by atoms with Gasteiger partial charge in [-0.05, 0) is 112 Å². The van der Waals surface area contributed by atoms with Gasteiger partial charge in [0.1, 0.15) is 24.7 Å². The minimum absolute atomic E-state index is 0.152. The normalized spacial score (nSPS) is 14.6. The molecule has 0 radical (unpaired) electrons. The molecule has 0 aliphatic rings. The number of alkyl halides is 4. The summed E-state index contributed by atoms with van der Waals surface area (Å²) in [5.74, 6) is 0.706. The second kappa shape index (κ2) is 16.7. The number of ether oxygens (including phenoxy) is 2. The Morgan fingerprint density at radius 2 is 1.19 bits per heavy atom. The van der Waals surface area contributed by atoms with E-state index in [-0.39, 0.29) is 16.1 Å². The summed E-state index contributed by atoms with van der Waals surface area (Å²) in [6.07, 6.45) is 2.28. The maximum absolute atomic E-state index is 11.1. The molecular formula is C25H26Br8O4. The lowest BCUT2D eigenvalue weighted by Gasteiger charge is -2.33. The number of carboxylic acid groups (broad SMARTS) is 1. The van der Waals surface area contributed by atoms with Gasteiger partial charge in [-0.3, -0.25) is 4.79 Å². The van der Waals surface area contributed by atoms with Crippen LogP contribution >= 0.6 is 127 Å². The summed E-state index contributed by atoms with van der Waals surface area (Å²) >= 11 is 28.9. The molecular weight excluding hydrogens is 1000 g/mol. The summed E-state index contributed by atoms with van der Waals surface area (Å²) in [6.45, 7) is 3.22. The molecule has 1 N–H and O–H groups in total. The average Bonchev–Trinajstić information content (AvgIpc) is 2.84. The van der Waals surface area contributed by atoms with Crippen LogP contribution in [0.2, 0.25) is 0 Å². The molecule has 12 heteroatoms. The highest BCUT2D eigenvalue weighted by Crippen LogP contribution is 2.46. The van der Waals surface area contributed by atoms with E-state index < -0.39 is 11.4 Å². The molecule has 0 bridgehead atoms. The Morgan fingerprint density at radius 3 is 1.51 bits per heavy atom. The number of hydrogen-bond acceptors (Lipinski definition) is 3. The van der Waals surface area contributed by atoms with E-state index in [0.29, 0.717) is 19.6 Å². The van der Waals surface area contributed by atoms with E-state index in [4.69, 9.17) is 14.6 Å². The number of halogens is 8. The van der Waals surface area contributed by atoms with Gasteiger partial charge in [0.25, 0.3) is 0 Å². The van der Waals surface area contributed by atoms with Crippen LogP contribution in [0, 0.1) is 0 Å². The Balaban J connectivity index is 2.49. The van der Waals surface area contributed by atoms with Crippen molar-refractivity contribution in [2.75, 3.05) is 23.9 Å². The van der Waals surface area contributed by atoms with Crippen molar-refractivity contribution >= 4 is 133 Å². The van der Waals surface area contributed by atoms with Crippen LogP contribution in [0.1, 0.15) is 43.7 Å². The van der Waals surface area contributed by atoms with Gasteiger partial charge in [-0.1, -0.05) is 77.1 Å². The van der Waals surface area contributed by atoms with Crippen LogP contribution in [0.3, 0.4) is 0 Å². The number of hydrogen-bond donors (Lipinski definition) is 1. The van der Waals surface area contributed by atoms with Gasteiger partial charge in [0.15, 0.2) is 0 Å². The highest BCUT2D eigenvalue weighted by atomic mass is 79.9.